The number of hydrogen-bond acceptors (Lipinski definition) is 3. The second-order valence-electron chi connectivity index (χ2n) is 6.76. The van der Waals surface area contributed by atoms with E-state index in [0.29, 0.717) is 12.5 Å². The summed E-state index contributed by atoms with van der Waals surface area (Å²) in [4.78, 5) is 18.9. The van der Waals surface area contributed by atoms with E-state index in [1.165, 1.54) is 19.3 Å². The van der Waals surface area contributed by atoms with E-state index in [2.05, 4.69) is 25.8 Å². The van der Waals surface area contributed by atoms with Crippen molar-refractivity contribution >= 4 is 11.9 Å². The Labute approximate surface area is 143 Å². The van der Waals surface area contributed by atoms with Gasteiger partial charge in [0, 0.05) is 38.3 Å². The fourth-order valence-corrected chi connectivity index (χ4v) is 3.64. The third kappa shape index (κ3) is 4.27. The molecule has 1 amide bonds. The van der Waals surface area contributed by atoms with Gasteiger partial charge in [0.15, 0.2) is 5.96 Å². The van der Waals surface area contributed by atoms with E-state index in [9.17, 15) is 4.79 Å². The van der Waals surface area contributed by atoms with E-state index in [4.69, 9.17) is 0 Å². The standard InChI is InChI=1S/C17H28N6O/c1-18-17(19-11-14-7-9-20-22-14)21-15-8-10-23(12-15)16(24)13-5-3-2-4-6-13/h7,9,13,15H,2-6,8,10-12H2,1H3,(H,20,22)(H2,18,19,21). The second-order valence-corrected chi connectivity index (χ2v) is 6.76. The second kappa shape index (κ2) is 8.17. The van der Waals surface area contributed by atoms with Crippen LogP contribution in [-0.2, 0) is 11.3 Å². The first kappa shape index (κ1) is 16.8. The molecule has 1 aliphatic carbocycles. The van der Waals surface area contributed by atoms with Crippen molar-refractivity contribution in [2.45, 2.75) is 51.1 Å². The zero-order valence-corrected chi connectivity index (χ0v) is 14.4. The maximum atomic E-state index is 12.6. The van der Waals surface area contributed by atoms with Gasteiger partial charge >= 0.3 is 0 Å². The lowest BCUT2D eigenvalue weighted by Crippen LogP contribution is -2.45. The lowest BCUT2D eigenvalue weighted by Gasteiger charge is -2.26. The van der Waals surface area contributed by atoms with E-state index in [1.54, 1.807) is 13.2 Å². The van der Waals surface area contributed by atoms with Crippen LogP contribution < -0.4 is 10.6 Å². The molecule has 0 spiro atoms. The number of aromatic nitrogens is 2. The van der Waals surface area contributed by atoms with Crippen LogP contribution in [0.3, 0.4) is 0 Å². The molecule has 2 heterocycles. The van der Waals surface area contributed by atoms with Gasteiger partial charge in [-0.25, -0.2) is 0 Å². The number of hydrogen-bond donors (Lipinski definition) is 3. The van der Waals surface area contributed by atoms with Gasteiger partial charge in [-0.05, 0) is 25.3 Å². The Kier molecular flexibility index (Phi) is 5.72. The highest BCUT2D eigenvalue weighted by atomic mass is 16.2. The molecule has 0 aromatic carbocycles. The molecule has 1 aliphatic heterocycles. The van der Waals surface area contributed by atoms with Gasteiger partial charge in [0.25, 0.3) is 0 Å². The highest BCUT2D eigenvalue weighted by Crippen LogP contribution is 2.26. The Hall–Kier alpha value is -2.05. The summed E-state index contributed by atoms with van der Waals surface area (Å²) in [6, 6.07) is 2.20. The summed E-state index contributed by atoms with van der Waals surface area (Å²) in [6.45, 7) is 2.28. The maximum absolute atomic E-state index is 12.6. The molecule has 1 unspecified atom stereocenters. The van der Waals surface area contributed by atoms with Crippen molar-refractivity contribution < 1.29 is 4.79 Å². The van der Waals surface area contributed by atoms with Crippen molar-refractivity contribution in [1.29, 1.82) is 0 Å². The number of carbonyl (C=O) groups excluding carboxylic acids is 1. The molecule has 1 aromatic rings. The molecule has 132 valence electrons. The maximum Gasteiger partial charge on any atom is 0.225 e. The molecular weight excluding hydrogens is 304 g/mol. The van der Waals surface area contributed by atoms with Gasteiger partial charge in [0.2, 0.25) is 5.91 Å². The third-order valence-corrected chi connectivity index (χ3v) is 5.02. The van der Waals surface area contributed by atoms with Crippen LogP contribution in [0.4, 0.5) is 0 Å². The smallest absolute Gasteiger partial charge is 0.225 e. The summed E-state index contributed by atoms with van der Waals surface area (Å²) >= 11 is 0. The highest BCUT2D eigenvalue weighted by molar-refractivity contribution is 5.81. The van der Waals surface area contributed by atoms with Gasteiger partial charge in [-0.1, -0.05) is 19.3 Å². The number of nitrogens with one attached hydrogen (secondary N) is 3. The fourth-order valence-electron chi connectivity index (χ4n) is 3.64. The summed E-state index contributed by atoms with van der Waals surface area (Å²) in [6.07, 6.45) is 8.54. The first-order chi connectivity index (χ1) is 11.8. The van der Waals surface area contributed by atoms with Gasteiger partial charge < -0.3 is 15.5 Å². The van der Waals surface area contributed by atoms with Gasteiger partial charge in [-0.2, -0.15) is 5.10 Å². The molecule has 7 nitrogen and oxygen atoms in total. The number of guanidine groups is 1. The first-order valence-electron chi connectivity index (χ1n) is 9.00. The van der Waals surface area contributed by atoms with Crippen LogP contribution in [0.25, 0.3) is 0 Å². The van der Waals surface area contributed by atoms with Crippen molar-refractivity contribution in [2.24, 2.45) is 10.9 Å². The van der Waals surface area contributed by atoms with Crippen LogP contribution >= 0.6 is 0 Å². The number of rotatable bonds is 4. The van der Waals surface area contributed by atoms with Crippen LogP contribution in [0.5, 0.6) is 0 Å². The van der Waals surface area contributed by atoms with E-state index >= 15 is 0 Å². The normalized spacial score (nSPS) is 22.6. The summed E-state index contributed by atoms with van der Waals surface area (Å²) in [5.74, 6) is 1.39. The van der Waals surface area contributed by atoms with E-state index < -0.39 is 0 Å². The summed E-state index contributed by atoms with van der Waals surface area (Å²) in [7, 11) is 1.77. The minimum Gasteiger partial charge on any atom is -0.352 e. The molecule has 0 bridgehead atoms. The van der Waals surface area contributed by atoms with Crippen LogP contribution in [0, 0.1) is 5.92 Å². The summed E-state index contributed by atoms with van der Waals surface area (Å²) < 4.78 is 0. The molecule has 3 rings (SSSR count). The Balaban J connectivity index is 1.45. The molecule has 24 heavy (non-hydrogen) atoms. The SMILES string of the molecule is CN=C(NCc1ccn[nH]1)NC1CCN(C(=O)C2CCCCC2)C1. The number of likely N-dealkylation sites (tertiary alicyclic amines) is 1. The van der Waals surface area contributed by atoms with E-state index in [0.717, 1.165) is 44.0 Å². The van der Waals surface area contributed by atoms with Crippen LogP contribution in [0.15, 0.2) is 17.3 Å². The number of carbonyl (C=O) groups is 1. The van der Waals surface area contributed by atoms with Crippen molar-refractivity contribution in [3.63, 3.8) is 0 Å². The minimum absolute atomic E-state index is 0.260. The third-order valence-electron chi connectivity index (χ3n) is 5.02. The minimum atomic E-state index is 0.260. The monoisotopic (exact) mass is 332 g/mol. The summed E-state index contributed by atoms with van der Waals surface area (Å²) in [5.41, 5.74) is 1.01. The Morgan fingerprint density at radius 1 is 1.38 bits per heavy atom. The molecule has 2 fully saturated rings. The molecule has 7 heteroatoms. The number of aromatic amines is 1. The molecule has 1 saturated carbocycles. The number of nitrogens with zero attached hydrogens (tertiary/aromatic N) is 3. The fraction of sp³-hybridized carbons (Fsp3) is 0.706. The predicted molar refractivity (Wildman–Crippen MR) is 93.5 cm³/mol. The lowest BCUT2D eigenvalue weighted by atomic mass is 9.88. The van der Waals surface area contributed by atoms with Crippen molar-refractivity contribution in [3.8, 4) is 0 Å². The molecule has 2 aliphatic rings. The predicted octanol–water partition coefficient (Wildman–Crippen LogP) is 1.26. The Bertz CT molecular complexity index is 549. The molecule has 3 N–H and O–H groups in total. The van der Waals surface area contributed by atoms with Gasteiger partial charge in [0.05, 0.1) is 12.2 Å². The van der Waals surface area contributed by atoms with Gasteiger partial charge in [-0.15, -0.1) is 0 Å². The van der Waals surface area contributed by atoms with Gasteiger partial charge in [-0.3, -0.25) is 14.9 Å². The molecular formula is C17H28N6O. The van der Waals surface area contributed by atoms with Crippen LogP contribution in [-0.4, -0.2) is 53.1 Å². The molecule has 0 radical (unpaired) electrons. The number of H-pyrrole nitrogens is 1. The van der Waals surface area contributed by atoms with Gasteiger partial charge in [0.1, 0.15) is 0 Å². The van der Waals surface area contributed by atoms with Crippen molar-refractivity contribution in [1.82, 2.24) is 25.7 Å². The van der Waals surface area contributed by atoms with Crippen molar-refractivity contribution in [2.75, 3.05) is 20.1 Å². The average molecular weight is 332 g/mol. The lowest BCUT2D eigenvalue weighted by molar-refractivity contribution is -0.135. The highest BCUT2D eigenvalue weighted by Gasteiger charge is 2.31. The Morgan fingerprint density at radius 3 is 2.92 bits per heavy atom. The molecule has 1 saturated heterocycles. The van der Waals surface area contributed by atoms with E-state index in [1.807, 2.05) is 11.0 Å². The zero-order valence-electron chi connectivity index (χ0n) is 14.4. The van der Waals surface area contributed by atoms with Crippen LogP contribution in [0.2, 0.25) is 0 Å². The number of amides is 1. The summed E-state index contributed by atoms with van der Waals surface area (Å²) in [5, 5.41) is 13.6. The topological polar surface area (TPSA) is 85.4 Å². The molecule has 1 aromatic heterocycles. The first-order valence-corrected chi connectivity index (χ1v) is 9.00. The quantitative estimate of drug-likeness (QED) is 0.572. The Morgan fingerprint density at radius 2 is 2.21 bits per heavy atom. The van der Waals surface area contributed by atoms with Crippen LogP contribution in [0.1, 0.15) is 44.2 Å². The number of aliphatic imine (C=N–C) groups is 1. The average Bonchev–Trinajstić information content (AvgIpc) is 3.30. The largest absolute Gasteiger partial charge is 0.352 e. The molecule has 1 atom stereocenters. The van der Waals surface area contributed by atoms with Crippen molar-refractivity contribution in [3.05, 3.63) is 18.0 Å². The van der Waals surface area contributed by atoms with E-state index in [-0.39, 0.29) is 12.0 Å². The zero-order chi connectivity index (χ0) is 16.8.